The number of hydrogen-bond acceptors (Lipinski definition) is 3. The van der Waals surface area contributed by atoms with E-state index in [9.17, 15) is 8.42 Å². The fourth-order valence-corrected chi connectivity index (χ4v) is 3.65. The molecule has 0 amide bonds. The molecule has 0 aliphatic heterocycles. The van der Waals surface area contributed by atoms with Gasteiger partial charge in [-0.15, -0.1) is 0 Å². The summed E-state index contributed by atoms with van der Waals surface area (Å²) in [4.78, 5) is 4.12. The van der Waals surface area contributed by atoms with E-state index in [1.54, 1.807) is 19.3 Å². The highest BCUT2D eigenvalue weighted by Crippen LogP contribution is 2.21. The largest absolute Gasteiger partial charge is 0.262 e. The number of nitrogens with zero attached hydrogens (tertiary/aromatic N) is 2. The van der Waals surface area contributed by atoms with Crippen LogP contribution in [0.1, 0.15) is 27.2 Å². The smallest absolute Gasteiger partial charge is 0.244 e. The third kappa shape index (κ3) is 3.76. The Morgan fingerprint density at radius 2 is 1.94 bits per heavy atom. The second-order valence-electron chi connectivity index (χ2n) is 4.84. The molecule has 0 bridgehead atoms. The van der Waals surface area contributed by atoms with Crippen molar-refractivity contribution in [2.24, 2.45) is 5.92 Å². The van der Waals surface area contributed by atoms with E-state index < -0.39 is 10.0 Å². The monoisotopic (exact) mass is 334 g/mol. The van der Waals surface area contributed by atoms with Crippen molar-refractivity contribution in [3.05, 3.63) is 22.9 Å². The van der Waals surface area contributed by atoms with Crippen LogP contribution in [0.2, 0.25) is 0 Å². The summed E-state index contributed by atoms with van der Waals surface area (Å²) in [5.74, 6) is 0.457. The molecular weight excluding hydrogens is 316 g/mol. The molecule has 0 N–H and O–H groups in total. The molecule has 102 valence electrons. The lowest BCUT2D eigenvalue weighted by Crippen LogP contribution is -2.35. The SMILES string of the molecule is CC(C)CC(C)N(C)S(=O)(=O)c1cncc(Br)c1. The summed E-state index contributed by atoms with van der Waals surface area (Å²) < 4.78 is 26.8. The van der Waals surface area contributed by atoms with Crippen LogP contribution in [0, 0.1) is 5.92 Å². The Balaban J connectivity index is 3.00. The average molecular weight is 335 g/mol. The van der Waals surface area contributed by atoms with Gasteiger partial charge >= 0.3 is 0 Å². The van der Waals surface area contributed by atoms with Gasteiger partial charge in [0, 0.05) is 30.0 Å². The molecule has 1 aromatic heterocycles. The molecule has 4 nitrogen and oxygen atoms in total. The lowest BCUT2D eigenvalue weighted by molar-refractivity contribution is 0.337. The molecule has 6 heteroatoms. The van der Waals surface area contributed by atoms with E-state index in [1.165, 1.54) is 10.5 Å². The first-order valence-electron chi connectivity index (χ1n) is 5.83. The van der Waals surface area contributed by atoms with Crippen molar-refractivity contribution in [2.75, 3.05) is 7.05 Å². The molecule has 0 spiro atoms. The molecule has 1 rings (SSSR count). The van der Waals surface area contributed by atoms with Gasteiger partial charge in [-0.2, -0.15) is 4.31 Å². The first-order chi connectivity index (χ1) is 8.25. The van der Waals surface area contributed by atoms with Gasteiger partial charge in [-0.25, -0.2) is 8.42 Å². The Morgan fingerprint density at radius 3 is 2.44 bits per heavy atom. The van der Waals surface area contributed by atoms with Gasteiger partial charge in [-0.05, 0) is 41.3 Å². The van der Waals surface area contributed by atoms with Gasteiger partial charge < -0.3 is 0 Å². The van der Waals surface area contributed by atoms with Crippen LogP contribution in [0.3, 0.4) is 0 Å². The van der Waals surface area contributed by atoms with Crippen LogP contribution in [0.25, 0.3) is 0 Å². The van der Waals surface area contributed by atoms with E-state index in [1.807, 2.05) is 6.92 Å². The minimum absolute atomic E-state index is 0.0334. The highest BCUT2D eigenvalue weighted by molar-refractivity contribution is 9.10. The third-order valence-corrected chi connectivity index (χ3v) is 5.16. The van der Waals surface area contributed by atoms with Crippen molar-refractivity contribution in [2.45, 2.75) is 38.1 Å². The number of hydrogen-bond donors (Lipinski definition) is 0. The molecule has 0 saturated carbocycles. The molecular formula is C12H19BrN2O2S. The highest BCUT2D eigenvalue weighted by atomic mass is 79.9. The second kappa shape index (κ2) is 6.12. The van der Waals surface area contributed by atoms with Crippen LogP contribution in [0.4, 0.5) is 0 Å². The topological polar surface area (TPSA) is 50.3 Å². The highest BCUT2D eigenvalue weighted by Gasteiger charge is 2.26. The quantitative estimate of drug-likeness (QED) is 0.831. The van der Waals surface area contributed by atoms with E-state index in [0.717, 1.165) is 6.42 Å². The zero-order chi connectivity index (χ0) is 13.9. The van der Waals surface area contributed by atoms with Gasteiger partial charge in [0.25, 0.3) is 0 Å². The summed E-state index contributed by atoms with van der Waals surface area (Å²) in [6.45, 7) is 6.08. The van der Waals surface area contributed by atoms with Gasteiger partial charge in [0.1, 0.15) is 4.90 Å². The number of rotatable bonds is 5. The molecule has 0 radical (unpaired) electrons. The summed E-state index contributed by atoms with van der Waals surface area (Å²) in [7, 11) is -1.85. The summed E-state index contributed by atoms with van der Waals surface area (Å²) in [6, 6.07) is 1.54. The van der Waals surface area contributed by atoms with Crippen LogP contribution in [0.5, 0.6) is 0 Å². The fraction of sp³-hybridized carbons (Fsp3) is 0.583. The Kier molecular flexibility index (Phi) is 5.31. The Labute approximate surface area is 118 Å². The summed E-state index contributed by atoms with van der Waals surface area (Å²) in [6.07, 6.45) is 3.77. The third-order valence-electron chi connectivity index (χ3n) is 2.79. The van der Waals surface area contributed by atoms with E-state index in [2.05, 4.69) is 34.8 Å². The lowest BCUT2D eigenvalue weighted by Gasteiger charge is -2.25. The zero-order valence-electron chi connectivity index (χ0n) is 11.1. The minimum Gasteiger partial charge on any atom is -0.262 e. The maximum Gasteiger partial charge on any atom is 0.244 e. The fourth-order valence-electron chi connectivity index (χ4n) is 1.77. The van der Waals surface area contributed by atoms with Crippen molar-refractivity contribution in [1.82, 2.24) is 9.29 Å². The van der Waals surface area contributed by atoms with Gasteiger partial charge in [-0.3, -0.25) is 4.98 Å². The van der Waals surface area contributed by atoms with Gasteiger partial charge in [0.05, 0.1) is 0 Å². The second-order valence-corrected chi connectivity index (χ2v) is 7.75. The molecule has 0 aliphatic carbocycles. The van der Waals surface area contributed by atoms with Crippen LogP contribution < -0.4 is 0 Å². The molecule has 0 saturated heterocycles. The molecule has 1 heterocycles. The Bertz CT molecular complexity index is 503. The van der Waals surface area contributed by atoms with Crippen molar-refractivity contribution < 1.29 is 8.42 Å². The number of sulfonamides is 1. The maximum atomic E-state index is 12.4. The van der Waals surface area contributed by atoms with Crippen LogP contribution >= 0.6 is 15.9 Å². The number of pyridine rings is 1. The van der Waals surface area contributed by atoms with Gasteiger partial charge in [0.15, 0.2) is 0 Å². The maximum absolute atomic E-state index is 12.4. The summed E-state index contributed by atoms with van der Waals surface area (Å²) in [5, 5.41) is 0. The van der Waals surface area contributed by atoms with Crippen LogP contribution in [-0.2, 0) is 10.0 Å². The van der Waals surface area contributed by atoms with E-state index in [0.29, 0.717) is 10.4 Å². The van der Waals surface area contributed by atoms with Crippen molar-refractivity contribution in [1.29, 1.82) is 0 Å². The molecule has 1 unspecified atom stereocenters. The van der Waals surface area contributed by atoms with Crippen LogP contribution in [-0.4, -0.2) is 30.8 Å². The Morgan fingerprint density at radius 1 is 1.33 bits per heavy atom. The standard InChI is InChI=1S/C12H19BrN2O2S/c1-9(2)5-10(3)15(4)18(16,17)12-6-11(13)7-14-8-12/h6-10H,5H2,1-4H3. The van der Waals surface area contributed by atoms with Crippen molar-refractivity contribution in [3.63, 3.8) is 0 Å². The first-order valence-corrected chi connectivity index (χ1v) is 8.07. The molecule has 0 aliphatic rings. The van der Waals surface area contributed by atoms with Gasteiger partial charge in [-0.1, -0.05) is 13.8 Å². The molecule has 18 heavy (non-hydrogen) atoms. The molecule has 1 atom stereocenters. The predicted molar refractivity (Wildman–Crippen MR) is 75.8 cm³/mol. The summed E-state index contributed by atoms with van der Waals surface area (Å²) in [5.41, 5.74) is 0. The molecule has 0 fully saturated rings. The van der Waals surface area contributed by atoms with E-state index in [4.69, 9.17) is 0 Å². The van der Waals surface area contributed by atoms with Crippen LogP contribution in [0.15, 0.2) is 27.8 Å². The average Bonchev–Trinajstić information content (AvgIpc) is 2.27. The predicted octanol–water partition coefficient (Wildman–Crippen LogP) is 2.90. The molecule has 1 aromatic rings. The minimum atomic E-state index is -3.47. The first kappa shape index (κ1) is 15.6. The van der Waals surface area contributed by atoms with E-state index >= 15 is 0 Å². The Hall–Kier alpha value is -0.460. The van der Waals surface area contributed by atoms with E-state index in [-0.39, 0.29) is 10.9 Å². The van der Waals surface area contributed by atoms with Crippen molar-refractivity contribution >= 4 is 26.0 Å². The number of aromatic nitrogens is 1. The number of halogens is 1. The summed E-state index contributed by atoms with van der Waals surface area (Å²) >= 11 is 3.24. The van der Waals surface area contributed by atoms with Crippen molar-refractivity contribution in [3.8, 4) is 0 Å². The zero-order valence-corrected chi connectivity index (χ0v) is 13.5. The lowest BCUT2D eigenvalue weighted by atomic mass is 10.1. The van der Waals surface area contributed by atoms with Gasteiger partial charge in [0.2, 0.25) is 10.0 Å². The molecule has 0 aromatic carbocycles. The normalized spacial score (nSPS) is 14.2.